The predicted octanol–water partition coefficient (Wildman–Crippen LogP) is 7.40. The molecule has 0 spiro atoms. The van der Waals surface area contributed by atoms with Crippen molar-refractivity contribution in [3.63, 3.8) is 0 Å². The molecular formula is C36H27N5O. The van der Waals surface area contributed by atoms with Crippen molar-refractivity contribution >= 4 is 11.0 Å². The number of nitrogens with zero attached hydrogens (tertiary/aromatic N) is 5. The Morgan fingerprint density at radius 2 is 0.762 bits per heavy atom. The minimum Gasteiger partial charge on any atom is -0.295 e. The third kappa shape index (κ3) is 4.59. The van der Waals surface area contributed by atoms with Gasteiger partial charge in [0.15, 0.2) is 17.5 Å². The number of aryl methyl sites for hydroxylation is 2. The van der Waals surface area contributed by atoms with Crippen molar-refractivity contribution in [3.8, 4) is 56.4 Å². The molecule has 0 saturated heterocycles. The summed E-state index contributed by atoms with van der Waals surface area (Å²) < 4.78 is 3.34. The van der Waals surface area contributed by atoms with Crippen LogP contribution in [-0.4, -0.2) is 24.1 Å². The fourth-order valence-corrected chi connectivity index (χ4v) is 5.29. The lowest BCUT2D eigenvalue weighted by Gasteiger charge is -2.10. The highest BCUT2D eigenvalue weighted by atomic mass is 16.1. The molecule has 0 radical (unpaired) electrons. The first-order valence-corrected chi connectivity index (χ1v) is 13.8. The molecule has 0 amide bonds. The van der Waals surface area contributed by atoms with Crippen molar-refractivity contribution in [2.24, 2.45) is 14.1 Å². The number of benzene rings is 5. The van der Waals surface area contributed by atoms with Gasteiger partial charge in [0.1, 0.15) is 0 Å². The molecule has 6 nitrogen and oxygen atoms in total. The summed E-state index contributed by atoms with van der Waals surface area (Å²) in [5.41, 5.74) is 8.92. The van der Waals surface area contributed by atoms with Gasteiger partial charge < -0.3 is 0 Å². The predicted molar refractivity (Wildman–Crippen MR) is 169 cm³/mol. The van der Waals surface area contributed by atoms with Gasteiger partial charge in [-0.05, 0) is 34.4 Å². The van der Waals surface area contributed by atoms with Gasteiger partial charge in [0.2, 0.25) is 0 Å². The largest absolute Gasteiger partial charge is 0.328 e. The Labute approximate surface area is 243 Å². The lowest BCUT2D eigenvalue weighted by molar-refractivity contribution is 0.795. The zero-order valence-electron chi connectivity index (χ0n) is 23.3. The summed E-state index contributed by atoms with van der Waals surface area (Å²) in [5.74, 6) is 1.86. The zero-order chi connectivity index (χ0) is 28.6. The first kappa shape index (κ1) is 25.4. The molecule has 0 aliphatic carbocycles. The van der Waals surface area contributed by atoms with Crippen LogP contribution < -0.4 is 5.69 Å². The van der Waals surface area contributed by atoms with Crippen LogP contribution in [0.2, 0.25) is 0 Å². The third-order valence-electron chi connectivity index (χ3n) is 7.67. The van der Waals surface area contributed by atoms with E-state index >= 15 is 0 Å². The molecule has 42 heavy (non-hydrogen) atoms. The molecule has 2 aromatic heterocycles. The molecule has 0 unspecified atom stereocenters. The molecule has 2 heterocycles. The number of imidazole rings is 1. The summed E-state index contributed by atoms with van der Waals surface area (Å²) >= 11 is 0. The fraction of sp³-hybridized carbons (Fsp3) is 0.0556. The number of hydrogen-bond acceptors (Lipinski definition) is 4. The molecule has 0 atom stereocenters. The molecule has 5 aromatic carbocycles. The minimum absolute atomic E-state index is 0.0351. The molecule has 7 aromatic rings. The highest BCUT2D eigenvalue weighted by Crippen LogP contribution is 2.29. The van der Waals surface area contributed by atoms with E-state index in [4.69, 9.17) is 15.0 Å². The molecule has 0 N–H and O–H groups in total. The Morgan fingerprint density at radius 1 is 0.405 bits per heavy atom. The third-order valence-corrected chi connectivity index (χ3v) is 7.67. The Balaban J connectivity index is 1.27. The molecule has 202 valence electrons. The van der Waals surface area contributed by atoms with Crippen molar-refractivity contribution in [1.82, 2.24) is 24.1 Å². The summed E-state index contributed by atoms with van der Waals surface area (Å²) in [5, 5.41) is 0. The van der Waals surface area contributed by atoms with Crippen molar-refractivity contribution in [1.29, 1.82) is 0 Å². The van der Waals surface area contributed by atoms with E-state index in [-0.39, 0.29) is 5.69 Å². The minimum atomic E-state index is -0.0351. The summed E-state index contributed by atoms with van der Waals surface area (Å²) in [6.45, 7) is 0. The van der Waals surface area contributed by atoms with Crippen LogP contribution in [0.4, 0.5) is 0 Å². The Bertz CT molecular complexity index is 2090. The van der Waals surface area contributed by atoms with Gasteiger partial charge in [-0.2, -0.15) is 0 Å². The van der Waals surface area contributed by atoms with Gasteiger partial charge in [0, 0.05) is 30.8 Å². The normalized spacial score (nSPS) is 11.2. The average Bonchev–Trinajstić information content (AvgIpc) is 3.28. The molecule has 0 bridgehead atoms. The second kappa shape index (κ2) is 10.4. The highest BCUT2D eigenvalue weighted by Gasteiger charge is 2.14. The molecule has 0 aliphatic heterocycles. The van der Waals surface area contributed by atoms with Gasteiger partial charge in [-0.3, -0.25) is 9.13 Å². The number of aromatic nitrogens is 5. The second-order valence-corrected chi connectivity index (χ2v) is 10.3. The van der Waals surface area contributed by atoms with Crippen LogP contribution in [0.3, 0.4) is 0 Å². The van der Waals surface area contributed by atoms with Gasteiger partial charge in [-0.25, -0.2) is 19.7 Å². The first-order chi connectivity index (χ1) is 20.5. The maximum absolute atomic E-state index is 12.4. The molecular weight excluding hydrogens is 518 g/mol. The Kier molecular flexibility index (Phi) is 6.28. The number of rotatable bonds is 5. The average molecular weight is 546 g/mol. The van der Waals surface area contributed by atoms with Gasteiger partial charge >= 0.3 is 5.69 Å². The fourth-order valence-electron chi connectivity index (χ4n) is 5.29. The number of fused-ring (bicyclic) bond motifs is 1. The smallest absolute Gasteiger partial charge is 0.295 e. The van der Waals surface area contributed by atoms with Crippen LogP contribution in [0.1, 0.15) is 0 Å². The second-order valence-electron chi connectivity index (χ2n) is 10.3. The van der Waals surface area contributed by atoms with Crippen molar-refractivity contribution in [2.45, 2.75) is 0 Å². The lowest BCUT2D eigenvalue weighted by Crippen LogP contribution is -2.19. The standard InChI is InChI=1S/C36H27N5O/c1-40-31-22-21-30(23-32(31)41(2)36(40)42)26-15-19-29(20-16-26)35-38-33(27-11-7-4-8-12-27)37-34(39-35)28-17-13-25(14-18-28)24-9-5-3-6-10-24/h3-23H,1-2H3. The van der Waals surface area contributed by atoms with Crippen LogP contribution in [-0.2, 0) is 14.1 Å². The van der Waals surface area contributed by atoms with E-state index in [1.165, 1.54) is 5.56 Å². The SMILES string of the molecule is Cn1c(=O)n(C)c2cc(-c3ccc(-c4nc(-c5ccccc5)nc(-c5ccc(-c6ccccc6)cc5)n4)cc3)ccc21. The zero-order valence-corrected chi connectivity index (χ0v) is 23.3. The van der Waals surface area contributed by atoms with Crippen molar-refractivity contribution in [3.05, 3.63) is 138 Å². The van der Waals surface area contributed by atoms with Crippen LogP contribution in [0.25, 0.3) is 67.5 Å². The molecule has 6 heteroatoms. The molecule has 7 rings (SSSR count). The summed E-state index contributed by atoms with van der Waals surface area (Å²) in [7, 11) is 3.60. The van der Waals surface area contributed by atoms with E-state index < -0.39 is 0 Å². The Hall–Kier alpha value is -5.62. The maximum atomic E-state index is 12.4. The maximum Gasteiger partial charge on any atom is 0.328 e. The highest BCUT2D eigenvalue weighted by molar-refractivity contribution is 5.83. The van der Waals surface area contributed by atoms with Crippen molar-refractivity contribution in [2.75, 3.05) is 0 Å². The van der Waals surface area contributed by atoms with E-state index in [0.717, 1.165) is 44.4 Å². The van der Waals surface area contributed by atoms with E-state index in [2.05, 4.69) is 54.6 Å². The monoisotopic (exact) mass is 545 g/mol. The number of hydrogen-bond donors (Lipinski definition) is 0. The summed E-state index contributed by atoms with van der Waals surface area (Å²) in [6.07, 6.45) is 0. The lowest BCUT2D eigenvalue weighted by atomic mass is 10.0. The van der Waals surface area contributed by atoms with E-state index in [1.54, 1.807) is 23.2 Å². The van der Waals surface area contributed by atoms with Crippen LogP contribution in [0.15, 0.2) is 132 Å². The van der Waals surface area contributed by atoms with Crippen LogP contribution >= 0.6 is 0 Å². The van der Waals surface area contributed by atoms with E-state index in [9.17, 15) is 4.79 Å². The molecule has 0 aliphatic rings. The topological polar surface area (TPSA) is 65.6 Å². The van der Waals surface area contributed by atoms with Gasteiger partial charge in [-0.1, -0.05) is 115 Å². The van der Waals surface area contributed by atoms with Crippen LogP contribution in [0.5, 0.6) is 0 Å². The Morgan fingerprint density at radius 3 is 1.29 bits per heavy atom. The quantitative estimate of drug-likeness (QED) is 0.226. The summed E-state index contributed by atoms with van der Waals surface area (Å²) in [6, 6.07) is 42.9. The van der Waals surface area contributed by atoms with Gasteiger partial charge in [0.25, 0.3) is 0 Å². The van der Waals surface area contributed by atoms with Crippen LogP contribution in [0, 0.1) is 0 Å². The van der Waals surface area contributed by atoms with Crippen molar-refractivity contribution < 1.29 is 0 Å². The molecule has 0 fully saturated rings. The van der Waals surface area contributed by atoms with E-state index in [1.807, 2.05) is 72.8 Å². The van der Waals surface area contributed by atoms with Gasteiger partial charge in [-0.15, -0.1) is 0 Å². The summed E-state index contributed by atoms with van der Waals surface area (Å²) in [4.78, 5) is 27.0. The molecule has 0 saturated carbocycles. The van der Waals surface area contributed by atoms with E-state index in [0.29, 0.717) is 17.5 Å². The first-order valence-electron chi connectivity index (χ1n) is 13.8. The van der Waals surface area contributed by atoms with Gasteiger partial charge in [0.05, 0.1) is 11.0 Å².